The maximum absolute atomic E-state index is 11.2. The summed E-state index contributed by atoms with van der Waals surface area (Å²) < 4.78 is 12.1. The molecule has 0 fully saturated rings. The summed E-state index contributed by atoms with van der Waals surface area (Å²) in [5.41, 5.74) is 3.34. The Balaban J connectivity index is 0.000000380. The molecule has 0 saturated heterocycles. The van der Waals surface area contributed by atoms with Gasteiger partial charge in [0.1, 0.15) is 17.9 Å². The number of ether oxygens (including phenoxy) is 1. The Morgan fingerprint density at radius 1 is 1.11 bits per heavy atom. The van der Waals surface area contributed by atoms with Crippen LogP contribution >= 0.6 is 15.9 Å². The summed E-state index contributed by atoms with van der Waals surface area (Å²) in [7, 11) is 0. The number of aryl methyl sites for hydroxylation is 1. The number of rotatable bonds is 7. The van der Waals surface area contributed by atoms with Crippen molar-refractivity contribution in [1.82, 2.24) is 0 Å². The van der Waals surface area contributed by atoms with Crippen LogP contribution in [-0.4, -0.2) is 6.29 Å². The second kappa shape index (κ2) is 10.9. The molecule has 2 aromatic carbocycles. The maximum atomic E-state index is 11.2. The minimum Gasteiger partial charge on any atom is -0.488 e. The summed E-state index contributed by atoms with van der Waals surface area (Å²) in [6.45, 7) is 6.75. The van der Waals surface area contributed by atoms with Gasteiger partial charge in [0, 0.05) is 5.39 Å². The Labute approximate surface area is 169 Å². The second-order valence-corrected chi connectivity index (χ2v) is 7.37. The molecule has 0 amide bonds. The quantitative estimate of drug-likeness (QED) is 0.288. The standard InChI is InChI=1S/C17H13BrO3.C6H14/c1-11-3-2-4-16(14(11)9-19)21-10-12-7-13-5-6-20-17(13)15(18)8-12;1-3-5-6-4-2/h2-9H,10H2,1H3;3-6H2,1-2H3. The van der Waals surface area contributed by atoms with Crippen molar-refractivity contribution in [1.29, 1.82) is 0 Å². The molecule has 3 nitrogen and oxygen atoms in total. The van der Waals surface area contributed by atoms with Crippen LogP contribution in [0.3, 0.4) is 0 Å². The highest BCUT2D eigenvalue weighted by atomic mass is 79.9. The highest BCUT2D eigenvalue weighted by Gasteiger charge is 2.08. The Hall–Kier alpha value is -2.07. The SMILES string of the molecule is CCCCCC.Cc1cccc(OCc2cc(Br)c3occc3c2)c1C=O. The molecule has 0 N–H and O–H groups in total. The Morgan fingerprint density at radius 3 is 2.52 bits per heavy atom. The van der Waals surface area contributed by atoms with Crippen LogP contribution in [0.2, 0.25) is 0 Å². The van der Waals surface area contributed by atoms with E-state index in [1.54, 1.807) is 6.26 Å². The fourth-order valence-corrected chi connectivity index (χ4v) is 3.39. The number of hydrogen-bond donors (Lipinski definition) is 0. The minimum absolute atomic E-state index is 0.393. The van der Waals surface area contributed by atoms with Gasteiger partial charge in [-0.2, -0.15) is 0 Å². The first kappa shape index (κ1) is 21.2. The van der Waals surface area contributed by atoms with Crippen molar-refractivity contribution in [2.24, 2.45) is 0 Å². The predicted octanol–water partition coefficient (Wildman–Crippen LogP) is 7.48. The van der Waals surface area contributed by atoms with Crippen LogP contribution in [0.1, 0.15) is 61.0 Å². The van der Waals surface area contributed by atoms with Crippen LogP contribution in [-0.2, 0) is 6.61 Å². The van der Waals surface area contributed by atoms with E-state index in [1.807, 2.05) is 43.3 Å². The summed E-state index contributed by atoms with van der Waals surface area (Å²) in [6.07, 6.45) is 8.03. The van der Waals surface area contributed by atoms with Crippen LogP contribution in [0, 0.1) is 6.92 Å². The van der Waals surface area contributed by atoms with E-state index in [4.69, 9.17) is 9.15 Å². The summed E-state index contributed by atoms with van der Waals surface area (Å²) in [4.78, 5) is 11.2. The normalized spacial score (nSPS) is 10.4. The van der Waals surface area contributed by atoms with E-state index in [2.05, 4.69) is 29.8 Å². The third kappa shape index (κ3) is 5.96. The van der Waals surface area contributed by atoms with Gasteiger partial charge in [0.05, 0.1) is 16.3 Å². The Kier molecular flexibility index (Phi) is 8.59. The van der Waals surface area contributed by atoms with Crippen molar-refractivity contribution >= 4 is 33.2 Å². The van der Waals surface area contributed by atoms with E-state index in [9.17, 15) is 4.79 Å². The molecule has 1 heterocycles. The topological polar surface area (TPSA) is 39.4 Å². The van der Waals surface area contributed by atoms with Crippen LogP contribution in [0.4, 0.5) is 0 Å². The zero-order chi connectivity index (χ0) is 19.6. The van der Waals surface area contributed by atoms with Gasteiger partial charge in [-0.05, 0) is 58.2 Å². The average Bonchev–Trinajstić information content (AvgIpc) is 3.14. The monoisotopic (exact) mass is 430 g/mol. The minimum atomic E-state index is 0.393. The van der Waals surface area contributed by atoms with E-state index in [0.29, 0.717) is 17.9 Å². The molecule has 0 aliphatic carbocycles. The van der Waals surface area contributed by atoms with Crippen molar-refractivity contribution in [3.05, 3.63) is 63.8 Å². The molecule has 0 aliphatic heterocycles. The number of carbonyl (C=O) groups excluding carboxylic acids is 1. The summed E-state index contributed by atoms with van der Waals surface area (Å²) >= 11 is 3.49. The van der Waals surface area contributed by atoms with Crippen molar-refractivity contribution in [2.45, 2.75) is 53.1 Å². The number of halogens is 1. The lowest BCUT2D eigenvalue weighted by Gasteiger charge is -2.10. The third-order valence-corrected chi connectivity index (χ3v) is 4.91. The number of furan rings is 1. The van der Waals surface area contributed by atoms with Gasteiger partial charge in [-0.3, -0.25) is 4.79 Å². The lowest BCUT2D eigenvalue weighted by atomic mass is 10.1. The van der Waals surface area contributed by atoms with Crippen molar-refractivity contribution in [3.8, 4) is 5.75 Å². The molecule has 0 aliphatic rings. The van der Waals surface area contributed by atoms with E-state index in [-0.39, 0.29) is 0 Å². The zero-order valence-corrected chi connectivity index (χ0v) is 17.8. The summed E-state index contributed by atoms with van der Waals surface area (Å²) in [6, 6.07) is 11.5. The first-order valence-electron chi connectivity index (χ1n) is 9.43. The number of unbranched alkanes of at least 4 members (excludes halogenated alkanes) is 3. The highest BCUT2D eigenvalue weighted by molar-refractivity contribution is 9.10. The molecule has 3 aromatic rings. The van der Waals surface area contributed by atoms with E-state index >= 15 is 0 Å². The molecular weight excluding hydrogens is 404 g/mol. The predicted molar refractivity (Wildman–Crippen MR) is 115 cm³/mol. The molecule has 0 bridgehead atoms. The number of hydrogen-bond acceptors (Lipinski definition) is 3. The largest absolute Gasteiger partial charge is 0.488 e. The fraction of sp³-hybridized carbons (Fsp3) is 0.348. The smallest absolute Gasteiger partial charge is 0.154 e. The average molecular weight is 431 g/mol. The van der Waals surface area contributed by atoms with Gasteiger partial charge in [0.15, 0.2) is 6.29 Å². The van der Waals surface area contributed by atoms with Crippen LogP contribution in [0.25, 0.3) is 11.0 Å². The van der Waals surface area contributed by atoms with Gasteiger partial charge in [0.2, 0.25) is 0 Å². The number of fused-ring (bicyclic) bond motifs is 1. The van der Waals surface area contributed by atoms with Crippen LogP contribution in [0.5, 0.6) is 5.75 Å². The first-order chi connectivity index (χ1) is 13.1. The lowest BCUT2D eigenvalue weighted by molar-refractivity contribution is 0.111. The number of carbonyl (C=O) groups is 1. The zero-order valence-electron chi connectivity index (χ0n) is 16.3. The van der Waals surface area contributed by atoms with Gasteiger partial charge < -0.3 is 9.15 Å². The summed E-state index contributed by atoms with van der Waals surface area (Å²) in [5.74, 6) is 0.605. The van der Waals surface area contributed by atoms with E-state index < -0.39 is 0 Å². The van der Waals surface area contributed by atoms with Gasteiger partial charge in [-0.1, -0.05) is 51.7 Å². The third-order valence-electron chi connectivity index (χ3n) is 4.32. The van der Waals surface area contributed by atoms with Crippen molar-refractivity contribution < 1.29 is 13.9 Å². The van der Waals surface area contributed by atoms with E-state index in [0.717, 1.165) is 32.9 Å². The van der Waals surface area contributed by atoms with E-state index in [1.165, 1.54) is 25.7 Å². The van der Waals surface area contributed by atoms with Gasteiger partial charge in [-0.25, -0.2) is 0 Å². The lowest BCUT2D eigenvalue weighted by Crippen LogP contribution is -1.99. The van der Waals surface area contributed by atoms with Crippen LogP contribution < -0.4 is 4.74 Å². The first-order valence-corrected chi connectivity index (χ1v) is 10.2. The Morgan fingerprint density at radius 2 is 1.85 bits per heavy atom. The van der Waals surface area contributed by atoms with Crippen molar-refractivity contribution in [3.63, 3.8) is 0 Å². The van der Waals surface area contributed by atoms with Gasteiger partial charge in [-0.15, -0.1) is 0 Å². The molecule has 144 valence electrons. The fourth-order valence-electron chi connectivity index (χ4n) is 2.77. The Bertz CT molecular complexity index is 863. The number of benzene rings is 2. The second-order valence-electron chi connectivity index (χ2n) is 6.52. The van der Waals surface area contributed by atoms with Crippen molar-refractivity contribution in [2.75, 3.05) is 0 Å². The summed E-state index contributed by atoms with van der Waals surface area (Å²) in [5, 5.41) is 1.02. The molecule has 4 heteroatoms. The molecule has 0 saturated carbocycles. The number of aldehydes is 1. The highest BCUT2D eigenvalue weighted by Crippen LogP contribution is 2.28. The molecule has 0 spiro atoms. The molecule has 1 aromatic heterocycles. The molecule has 3 rings (SSSR count). The van der Waals surface area contributed by atoms with Gasteiger partial charge >= 0.3 is 0 Å². The maximum Gasteiger partial charge on any atom is 0.154 e. The molecule has 0 unspecified atom stereocenters. The molecule has 0 atom stereocenters. The van der Waals surface area contributed by atoms with Crippen LogP contribution in [0.15, 0.2) is 51.6 Å². The molecular formula is C23H27BrO3. The van der Waals surface area contributed by atoms with Gasteiger partial charge in [0.25, 0.3) is 0 Å². The molecule has 0 radical (unpaired) electrons. The molecule has 27 heavy (non-hydrogen) atoms.